The number of rotatable bonds is 3. The van der Waals surface area contributed by atoms with E-state index in [0.29, 0.717) is 46.4 Å². The first-order valence-corrected chi connectivity index (χ1v) is 11.5. The number of nitrogens with zero attached hydrogens (tertiary/aromatic N) is 4. The number of benzene rings is 2. The Balaban J connectivity index is 1.60. The number of ether oxygens (including phenoxy) is 1. The minimum absolute atomic E-state index is 0.0159. The van der Waals surface area contributed by atoms with Crippen LogP contribution in [0.4, 0.5) is 10.2 Å². The number of pyridine rings is 1. The summed E-state index contributed by atoms with van der Waals surface area (Å²) in [6.07, 6.45) is 4.82. The molecule has 0 spiro atoms. The fourth-order valence-electron chi connectivity index (χ4n) is 5.10. The highest BCUT2D eigenvalue weighted by Gasteiger charge is 2.35. The molecular weight excluding hydrogens is 457 g/mol. The Labute approximate surface area is 199 Å². The van der Waals surface area contributed by atoms with Crippen molar-refractivity contribution in [1.29, 1.82) is 0 Å². The molecule has 0 aliphatic carbocycles. The Hall–Kier alpha value is -3.49. The van der Waals surface area contributed by atoms with Gasteiger partial charge in [0.1, 0.15) is 24.3 Å². The van der Waals surface area contributed by atoms with Gasteiger partial charge in [-0.25, -0.2) is 14.4 Å². The molecule has 9 heteroatoms. The smallest absolute Gasteiger partial charge is 0.256 e. The number of piperazine rings is 1. The molecule has 0 radical (unpaired) electrons. The molecule has 1 N–H and O–H groups in total. The zero-order chi connectivity index (χ0) is 23.4. The van der Waals surface area contributed by atoms with Gasteiger partial charge in [-0.1, -0.05) is 35.9 Å². The molecule has 34 heavy (non-hydrogen) atoms. The lowest BCUT2D eigenvalue weighted by Crippen LogP contribution is -2.55. The van der Waals surface area contributed by atoms with Crippen molar-refractivity contribution in [3.63, 3.8) is 0 Å². The third-order valence-corrected chi connectivity index (χ3v) is 6.98. The quantitative estimate of drug-likeness (QED) is 0.450. The summed E-state index contributed by atoms with van der Waals surface area (Å²) >= 11 is 6.86. The summed E-state index contributed by atoms with van der Waals surface area (Å²) < 4.78 is 22.4. The lowest BCUT2D eigenvalue weighted by Gasteiger charge is -2.40. The summed E-state index contributed by atoms with van der Waals surface area (Å²) in [5, 5.41) is 1.62. The van der Waals surface area contributed by atoms with Crippen molar-refractivity contribution in [1.82, 2.24) is 19.9 Å². The summed E-state index contributed by atoms with van der Waals surface area (Å²) in [6.45, 7) is 7.29. The lowest BCUT2D eigenvalue weighted by atomic mass is 9.97. The Kier molecular flexibility index (Phi) is 5.00. The molecule has 1 unspecified atom stereocenters. The van der Waals surface area contributed by atoms with Gasteiger partial charge in [0.2, 0.25) is 0 Å². The highest BCUT2D eigenvalue weighted by atomic mass is 35.5. The first kappa shape index (κ1) is 21.1. The van der Waals surface area contributed by atoms with Gasteiger partial charge in [-0.05, 0) is 17.0 Å². The topological polar surface area (TPSA) is 74.4 Å². The SMILES string of the molecule is C=CCN1CCN2c3ncnc4c(F)c(-c5cccc6cc[nH]c(=O)c56)c(Cl)c(c34)OCC2C1. The minimum atomic E-state index is -0.601. The summed E-state index contributed by atoms with van der Waals surface area (Å²) in [5.41, 5.74) is 0.295. The minimum Gasteiger partial charge on any atom is -0.489 e. The van der Waals surface area contributed by atoms with Gasteiger partial charge in [0.05, 0.1) is 21.8 Å². The molecular formula is C25H21ClFN5O2. The fourth-order valence-corrected chi connectivity index (χ4v) is 5.43. The molecule has 2 aromatic heterocycles. The van der Waals surface area contributed by atoms with Gasteiger partial charge in [0.15, 0.2) is 11.6 Å². The number of halogens is 2. The number of H-pyrrole nitrogens is 1. The summed E-state index contributed by atoms with van der Waals surface area (Å²) in [4.78, 5) is 28.6. The Bertz CT molecular complexity index is 1520. The number of hydrogen-bond acceptors (Lipinski definition) is 6. The maximum Gasteiger partial charge on any atom is 0.256 e. The number of nitrogens with one attached hydrogen (secondary N) is 1. The maximum atomic E-state index is 16.1. The van der Waals surface area contributed by atoms with Crippen molar-refractivity contribution in [3.8, 4) is 16.9 Å². The third kappa shape index (κ3) is 3.09. The molecule has 172 valence electrons. The van der Waals surface area contributed by atoms with E-state index in [9.17, 15) is 4.79 Å². The van der Waals surface area contributed by atoms with E-state index in [0.717, 1.165) is 19.6 Å². The predicted molar refractivity (Wildman–Crippen MR) is 131 cm³/mol. The molecule has 0 bridgehead atoms. The van der Waals surface area contributed by atoms with Gasteiger partial charge in [-0.2, -0.15) is 0 Å². The molecule has 1 atom stereocenters. The second-order valence-electron chi connectivity index (χ2n) is 8.54. The molecule has 1 fully saturated rings. The predicted octanol–water partition coefficient (Wildman–Crippen LogP) is 4.00. The Morgan fingerprint density at radius 2 is 2.15 bits per heavy atom. The maximum absolute atomic E-state index is 16.1. The average molecular weight is 478 g/mol. The first-order valence-electron chi connectivity index (χ1n) is 11.1. The highest BCUT2D eigenvalue weighted by Crippen LogP contribution is 2.48. The second-order valence-corrected chi connectivity index (χ2v) is 8.91. The molecule has 2 aliphatic rings. The van der Waals surface area contributed by atoms with Crippen LogP contribution in [0.25, 0.3) is 32.8 Å². The standard InChI is InChI=1S/C25H21ClFN5O2/c1-2-8-31-9-10-32-15(11-31)12-34-23-19-22(29-13-30-24(19)32)21(27)18(20(23)26)16-5-3-4-14-6-7-28-25(33)17(14)16/h2-7,13,15H,1,8-12H2,(H,28,33). The molecule has 4 heterocycles. The van der Waals surface area contributed by atoms with Crippen LogP contribution >= 0.6 is 11.6 Å². The van der Waals surface area contributed by atoms with Gasteiger partial charge in [-0.3, -0.25) is 9.69 Å². The number of hydrogen-bond donors (Lipinski definition) is 1. The zero-order valence-corrected chi connectivity index (χ0v) is 19.0. The Morgan fingerprint density at radius 3 is 3.00 bits per heavy atom. The summed E-state index contributed by atoms with van der Waals surface area (Å²) in [7, 11) is 0. The van der Waals surface area contributed by atoms with Crippen LogP contribution in [0.1, 0.15) is 0 Å². The van der Waals surface area contributed by atoms with Crippen LogP contribution in [0, 0.1) is 5.82 Å². The second kappa shape index (κ2) is 8.07. The van der Waals surface area contributed by atoms with Crippen molar-refractivity contribution in [3.05, 3.63) is 70.6 Å². The number of aromatic amines is 1. The molecule has 4 aromatic rings. The van der Waals surface area contributed by atoms with E-state index in [-0.39, 0.29) is 27.7 Å². The van der Waals surface area contributed by atoms with Crippen LogP contribution in [0.5, 0.6) is 5.75 Å². The van der Waals surface area contributed by atoms with E-state index >= 15 is 4.39 Å². The van der Waals surface area contributed by atoms with Crippen molar-refractivity contribution in [2.75, 3.05) is 37.7 Å². The number of aromatic nitrogens is 3. The monoisotopic (exact) mass is 477 g/mol. The van der Waals surface area contributed by atoms with Crippen molar-refractivity contribution in [2.45, 2.75) is 6.04 Å². The Morgan fingerprint density at radius 1 is 1.26 bits per heavy atom. The van der Waals surface area contributed by atoms with E-state index in [1.54, 1.807) is 30.5 Å². The average Bonchev–Trinajstić information content (AvgIpc) is 3.01. The van der Waals surface area contributed by atoms with Gasteiger partial charge >= 0.3 is 0 Å². The van der Waals surface area contributed by atoms with Crippen LogP contribution in [0.15, 0.2) is 54.2 Å². The van der Waals surface area contributed by atoms with Gasteiger partial charge in [-0.15, -0.1) is 6.58 Å². The van der Waals surface area contributed by atoms with Gasteiger partial charge < -0.3 is 14.6 Å². The largest absolute Gasteiger partial charge is 0.489 e. The molecule has 6 rings (SSSR count). The third-order valence-electron chi connectivity index (χ3n) is 6.62. The van der Waals surface area contributed by atoms with Crippen molar-refractivity contribution < 1.29 is 9.13 Å². The highest BCUT2D eigenvalue weighted by molar-refractivity contribution is 6.37. The molecule has 1 saturated heterocycles. The van der Waals surface area contributed by atoms with E-state index in [1.165, 1.54) is 6.33 Å². The van der Waals surface area contributed by atoms with E-state index in [4.69, 9.17) is 16.3 Å². The normalized spacial score (nSPS) is 17.9. The molecule has 2 aromatic carbocycles. The summed E-state index contributed by atoms with van der Waals surface area (Å²) in [5.74, 6) is 0.358. The van der Waals surface area contributed by atoms with Crippen LogP contribution in [-0.2, 0) is 0 Å². The van der Waals surface area contributed by atoms with Crippen molar-refractivity contribution >= 4 is 39.1 Å². The molecule has 0 amide bonds. The fraction of sp³-hybridized carbons (Fsp3) is 0.240. The zero-order valence-electron chi connectivity index (χ0n) is 18.2. The van der Waals surface area contributed by atoms with Crippen LogP contribution in [0.3, 0.4) is 0 Å². The van der Waals surface area contributed by atoms with E-state index < -0.39 is 5.82 Å². The summed E-state index contributed by atoms with van der Waals surface area (Å²) in [6, 6.07) is 7.05. The van der Waals surface area contributed by atoms with Crippen molar-refractivity contribution in [2.24, 2.45) is 0 Å². The first-order chi connectivity index (χ1) is 16.6. The van der Waals surface area contributed by atoms with E-state index in [1.807, 2.05) is 6.08 Å². The van der Waals surface area contributed by atoms with Crippen LogP contribution in [-0.4, -0.2) is 58.7 Å². The van der Waals surface area contributed by atoms with Gasteiger partial charge in [0, 0.05) is 37.9 Å². The van der Waals surface area contributed by atoms with E-state index in [2.05, 4.69) is 31.3 Å². The molecule has 2 aliphatic heterocycles. The van der Waals surface area contributed by atoms with Crippen LogP contribution < -0.4 is 15.2 Å². The number of anilines is 1. The van der Waals surface area contributed by atoms with Gasteiger partial charge in [0.25, 0.3) is 5.56 Å². The van der Waals surface area contributed by atoms with Crippen LogP contribution in [0.2, 0.25) is 5.02 Å². The molecule has 7 nitrogen and oxygen atoms in total. The molecule has 0 saturated carbocycles. The number of fused-ring (bicyclic) bond motifs is 3. The lowest BCUT2D eigenvalue weighted by molar-refractivity contribution is 0.195.